The second-order valence-corrected chi connectivity index (χ2v) is 5.06. The molecule has 0 spiro atoms. The van der Waals surface area contributed by atoms with Crippen LogP contribution in [0.1, 0.15) is 32.2 Å². The van der Waals surface area contributed by atoms with E-state index in [1.54, 1.807) is 18.2 Å². The van der Waals surface area contributed by atoms with Crippen LogP contribution < -0.4 is 10.2 Å². The van der Waals surface area contributed by atoms with E-state index in [2.05, 4.69) is 0 Å². The standard InChI is InChI=1S/C14H12O5S/c1-8-11(14(17)18)6-9(19-8)7-20-12-5-3-2-4-10(12)13(15)16/h2-6H,7H2,1H3,(H,15,16)(H,17,18)/p-2. The minimum atomic E-state index is -1.29. The number of carboxylic acids is 2. The van der Waals surface area contributed by atoms with Crippen molar-refractivity contribution in [2.45, 2.75) is 17.6 Å². The lowest BCUT2D eigenvalue weighted by atomic mass is 10.2. The minimum Gasteiger partial charge on any atom is -0.545 e. The van der Waals surface area contributed by atoms with Crippen LogP contribution in [0.25, 0.3) is 0 Å². The first-order chi connectivity index (χ1) is 9.49. The van der Waals surface area contributed by atoms with Crippen LogP contribution in [0.2, 0.25) is 0 Å². The molecule has 20 heavy (non-hydrogen) atoms. The van der Waals surface area contributed by atoms with E-state index >= 15 is 0 Å². The number of rotatable bonds is 5. The third-order valence-corrected chi connectivity index (χ3v) is 3.76. The van der Waals surface area contributed by atoms with E-state index in [1.807, 2.05) is 0 Å². The van der Waals surface area contributed by atoms with Gasteiger partial charge in [-0.2, -0.15) is 0 Å². The van der Waals surface area contributed by atoms with Crippen LogP contribution in [0.15, 0.2) is 39.6 Å². The zero-order valence-electron chi connectivity index (χ0n) is 10.5. The Balaban J connectivity index is 2.15. The maximum absolute atomic E-state index is 10.9. The van der Waals surface area contributed by atoms with Gasteiger partial charge in [-0.25, -0.2) is 0 Å². The summed E-state index contributed by atoms with van der Waals surface area (Å²) in [5.74, 6) is -1.51. The van der Waals surface area contributed by atoms with Crippen molar-refractivity contribution in [1.29, 1.82) is 0 Å². The summed E-state index contributed by atoms with van der Waals surface area (Å²) in [6, 6.07) is 7.83. The predicted octanol–water partition coefficient (Wildman–Crippen LogP) is 0.607. The third kappa shape index (κ3) is 3.03. The average Bonchev–Trinajstić information content (AvgIpc) is 2.78. The molecule has 0 aliphatic rings. The van der Waals surface area contributed by atoms with Gasteiger partial charge in [0, 0.05) is 16.0 Å². The lowest BCUT2D eigenvalue weighted by Gasteiger charge is -2.08. The van der Waals surface area contributed by atoms with Crippen molar-refractivity contribution in [2.24, 2.45) is 0 Å². The lowest BCUT2D eigenvalue weighted by Crippen LogP contribution is -2.22. The molecule has 0 N–H and O–H groups in total. The molecule has 2 aromatic rings. The van der Waals surface area contributed by atoms with Crippen molar-refractivity contribution >= 4 is 23.7 Å². The maximum atomic E-state index is 10.9. The van der Waals surface area contributed by atoms with Gasteiger partial charge in [0.15, 0.2) is 0 Å². The number of aromatic carboxylic acids is 2. The van der Waals surface area contributed by atoms with Gasteiger partial charge < -0.3 is 24.2 Å². The van der Waals surface area contributed by atoms with Gasteiger partial charge in [-0.05, 0) is 19.1 Å². The molecule has 0 saturated carbocycles. The molecular weight excluding hydrogens is 280 g/mol. The molecule has 0 radical (unpaired) electrons. The number of benzene rings is 1. The Labute approximate surface area is 119 Å². The number of thioether (sulfide) groups is 1. The Morgan fingerprint density at radius 2 is 1.80 bits per heavy atom. The molecule has 5 nitrogen and oxygen atoms in total. The average molecular weight is 290 g/mol. The molecule has 0 aliphatic carbocycles. The predicted molar refractivity (Wildman–Crippen MR) is 68.1 cm³/mol. The van der Waals surface area contributed by atoms with Gasteiger partial charge in [0.1, 0.15) is 11.5 Å². The normalized spacial score (nSPS) is 10.4. The van der Waals surface area contributed by atoms with Gasteiger partial charge in [-0.15, -0.1) is 11.8 Å². The lowest BCUT2D eigenvalue weighted by molar-refractivity contribution is -0.256. The number of aryl methyl sites for hydroxylation is 1. The summed E-state index contributed by atoms with van der Waals surface area (Å²) >= 11 is 1.23. The molecular formula is C14H10O5S-2. The maximum Gasteiger partial charge on any atom is 0.115 e. The highest BCUT2D eigenvalue weighted by atomic mass is 32.2. The van der Waals surface area contributed by atoms with Crippen LogP contribution in [0.3, 0.4) is 0 Å². The summed E-state index contributed by atoms with van der Waals surface area (Å²) in [7, 11) is 0. The number of carbonyl (C=O) groups excluding carboxylic acids is 2. The van der Waals surface area contributed by atoms with Gasteiger partial charge in [0.2, 0.25) is 0 Å². The Morgan fingerprint density at radius 3 is 2.40 bits per heavy atom. The van der Waals surface area contributed by atoms with E-state index < -0.39 is 11.9 Å². The number of carboxylic acid groups (broad SMARTS) is 2. The van der Waals surface area contributed by atoms with E-state index in [4.69, 9.17) is 4.42 Å². The number of hydrogen-bond acceptors (Lipinski definition) is 6. The Morgan fingerprint density at radius 1 is 1.15 bits per heavy atom. The second kappa shape index (κ2) is 5.83. The molecule has 1 heterocycles. The molecule has 0 aliphatic heterocycles. The van der Waals surface area contributed by atoms with Crippen LogP contribution >= 0.6 is 11.8 Å². The van der Waals surface area contributed by atoms with Crippen LogP contribution in [0.4, 0.5) is 0 Å². The van der Waals surface area contributed by atoms with Gasteiger partial charge in [0.05, 0.1) is 17.7 Å². The van der Waals surface area contributed by atoms with Crippen molar-refractivity contribution in [1.82, 2.24) is 0 Å². The Hall–Kier alpha value is -2.21. The van der Waals surface area contributed by atoms with Crippen LogP contribution in [0.5, 0.6) is 0 Å². The SMILES string of the molecule is Cc1oc(CSc2ccccc2C(=O)[O-])cc1C(=O)[O-]. The first-order valence-corrected chi connectivity index (χ1v) is 6.71. The number of furan rings is 1. The molecule has 0 amide bonds. The monoisotopic (exact) mass is 290 g/mol. The first kappa shape index (κ1) is 14.2. The highest BCUT2D eigenvalue weighted by Crippen LogP contribution is 2.27. The topological polar surface area (TPSA) is 93.4 Å². The van der Waals surface area contributed by atoms with Crippen LogP contribution in [-0.4, -0.2) is 11.9 Å². The molecule has 0 fully saturated rings. The zero-order valence-corrected chi connectivity index (χ0v) is 11.4. The van der Waals surface area contributed by atoms with E-state index in [1.165, 1.54) is 30.8 Å². The molecule has 6 heteroatoms. The number of hydrogen-bond donors (Lipinski definition) is 0. The number of carbonyl (C=O) groups is 2. The minimum absolute atomic E-state index is 0.00814. The zero-order chi connectivity index (χ0) is 14.7. The molecule has 1 aromatic carbocycles. The highest BCUT2D eigenvalue weighted by molar-refractivity contribution is 7.98. The van der Waals surface area contributed by atoms with E-state index in [9.17, 15) is 19.8 Å². The third-order valence-electron chi connectivity index (χ3n) is 2.67. The van der Waals surface area contributed by atoms with Crippen molar-refractivity contribution in [2.75, 3.05) is 0 Å². The summed E-state index contributed by atoms with van der Waals surface area (Å²) in [4.78, 5) is 22.3. The largest absolute Gasteiger partial charge is 0.545 e. The van der Waals surface area contributed by atoms with Crippen molar-refractivity contribution in [3.63, 3.8) is 0 Å². The fraction of sp³-hybridized carbons (Fsp3) is 0.143. The van der Waals surface area contributed by atoms with Crippen molar-refractivity contribution in [3.05, 3.63) is 53.0 Å². The van der Waals surface area contributed by atoms with Crippen molar-refractivity contribution in [3.8, 4) is 0 Å². The smallest absolute Gasteiger partial charge is 0.115 e. The molecule has 104 valence electrons. The highest BCUT2D eigenvalue weighted by Gasteiger charge is 2.10. The van der Waals surface area contributed by atoms with Crippen molar-refractivity contribution < 1.29 is 24.2 Å². The van der Waals surface area contributed by atoms with Gasteiger partial charge in [-0.3, -0.25) is 0 Å². The van der Waals surface area contributed by atoms with E-state index in [0.717, 1.165) is 0 Å². The fourth-order valence-electron chi connectivity index (χ4n) is 1.73. The second-order valence-electron chi connectivity index (χ2n) is 4.04. The van der Waals surface area contributed by atoms with Gasteiger partial charge >= 0.3 is 0 Å². The summed E-state index contributed by atoms with van der Waals surface area (Å²) < 4.78 is 5.29. The fourth-order valence-corrected chi connectivity index (χ4v) is 2.65. The molecule has 0 bridgehead atoms. The van der Waals surface area contributed by atoms with E-state index in [-0.39, 0.29) is 16.9 Å². The molecule has 2 rings (SSSR count). The summed E-state index contributed by atoms with van der Waals surface area (Å²) in [6.07, 6.45) is 0. The Kier molecular flexibility index (Phi) is 4.14. The molecule has 0 atom stereocenters. The molecule has 0 unspecified atom stereocenters. The van der Waals surface area contributed by atoms with Crippen LogP contribution in [-0.2, 0) is 5.75 Å². The van der Waals surface area contributed by atoms with Crippen LogP contribution in [0, 0.1) is 6.92 Å². The van der Waals surface area contributed by atoms with E-state index in [0.29, 0.717) is 16.4 Å². The molecule has 0 saturated heterocycles. The Bertz CT molecular complexity index is 659. The summed E-state index contributed by atoms with van der Waals surface area (Å²) in [5, 5.41) is 21.7. The quantitative estimate of drug-likeness (QED) is 0.749. The summed E-state index contributed by atoms with van der Waals surface area (Å²) in [6.45, 7) is 1.54. The summed E-state index contributed by atoms with van der Waals surface area (Å²) in [5.41, 5.74) is 0.106. The first-order valence-electron chi connectivity index (χ1n) is 5.73. The molecule has 1 aromatic heterocycles. The van der Waals surface area contributed by atoms with Gasteiger partial charge in [0.25, 0.3) is 0 Å². The van der Waals surface area contributed by atoms with Gasteiger partial charge in [-0.1, -0.05) is 18.2 Å².